The maximum absolute atomic E-state index is 12.9. The van der Waals surface area contributed by atoms with Gasteiger partial charge in [0.15, 0.2) is 0 Å². The zero-order valence-electron chi connectivity index (χ0n) is 26.3. The highest BCUT2D eigenvalue weighted by Crippen LogP contribution is 2.61. The van der Waals surface area contributed by atoms with Gasteiger partial charge in [0.1, 0.15) is 17.8 Å². The van der Waals surface area contributed by atoms with Crippen LogP contribution >= 0.6 is 0 Å². The molecule has 5 atom stereocenters. The molecule has 0 heterocycles. The topological polar surface area (TPSA) is 78.4 Å². The van der Waals surface area contributed by atoms with Gasteiger partial charge >= 0.3 is 0 Å². The number of aliphatic hydroxyl groups is 1. The van der Waals surface area contributed by atoms with Crippen molar-refractivity contribution in [2.24, 2.45) is 29.1 Å². The second-order valence-electron chi connectivity index (χ2n) is 12.6. The summed E-state index contributed by atoms with van der Waals surface area (Å²) in [5.74, 6) is 2.86. The SMILES string of the molecule is C#C.CC12CCC3C4=C(CC=C(O)C=C4)CCC3C1C(CCCC=O)CC2=O.CNCCCc1cccc(C)c1NC. The number of anilines is 1. The molecule has 4 aliphatic rings. The molecule has 0 aromatic heterocycles. The molecule has 3 N–H and O–H groups in total. The largest absolute Gasteiger partial charge is 0.508 e. The molecule has 0 radical (unpaired) electrons. The summed E-state index contributed by atoms with van der Waals surface area (Å²) in [6.07, 6.45) is 25.7. The highest BCUT2D eigenvalue weighted by Gasteiger charge is 2.58. The molecule has 5 heteroatoms. The smallest absolute Gasteiger partial charge is 0.139 e. The van der Waals surface area contributed by atoms with Crippen LogP contribution in [0, 0.1) is 48.9 Å². The van der Waals surface area contributed by atoms with Crippen molar-refractivity contribution in [2.75, 3.05) is 26.0 Å². The Morgan fingerprint density at radius 2 is 1.93 bits per heavy atom. The number of fused-ring (bicyclic) bond motifs is 4. The van der Waals surface area contributed by atoms with Gasteiger partial charge in [-0.05, 0) is 131 Å². The van der Waals surface area contributed by atoms with Crippen LogP contribution in [0.3, 0.4) is 0 Å². The van der Waals surface area contributed by atoms with Gasteiger partial charge < -0.3 is 20.5 Å². The lowest BCUT2D eigenvalue weighted by Gasteiger charge is -2.50. The summed E-state index contributed by atoms with van der Waals surface area (Å²) in [7, 11) is 3.99. The molecule has 5 unspecified atom stereocenters. The Labute approximate surface area is 254 Å². The van der Waals surface area contributed by atoms with E-state index < -0.39 is 0 Å². The van der Waals surface area contributed by atoms with Gasteiger partial charge in [-0.25, -0.2) is 0 Å². The van der Waals surface area contributed by atoms with Crippen LogP contribution in [-0.4, -0.2) is 37.8 Å². The van der Waals surface area contributed by atoms with Crippen molar-refractivity contribution in [1.29, 1.82) is 0 Å². The average Bonchev–Trinajstić information content (AvgIpc) is 3.11. The van der Waals surface area contributed by atoms with E-state index in [1.165, 1.54) is 40.8 Å². The summed E-state index contributed by atoms with van der Waals surface area (Å²) < 4.78 is 0. The van der Waals surface area contributed by atoms with Crippen molar-refractivity contribution in [3.05, 3.63) is 64.5 Å². The van der Waals surface area contributed by atoms with Crippen LogP contribution in [0.2, 0.25) is 0 Å². The number of para-hydroxylation sites is 1. The van der Waals surface area contributed by atoms with E-state index in [4.69, 9.17) is 0 Å². The maximum Gasteiger partial charge on any atom is 0.139 e. The number of hydrogen-bond donors (Lipinski definition) is 3. The normalized spacial score (nSPS) is 27.6. The van der Waals surface area contributed by atoms with Gasteiger partial charge in [-0.3, -0.25) is 4.79 Å². The summed E-state index contributed by atoms with van der Waals surface area (Å²) in [5.41, 5.74) is 6.81. The number of benzene rings is 1. The molecular weight excluding hydrogens is 520 g/mol. The summed E-state index contributed by atoms with van der Waals surface area (Å²) in [6, 6.07) is 6.48. The number of aliphatic hydroxyl groups excluding tert-OH is 1. The number of unbranched alkanes of at least 4 members (excludes halogenated alkanes) is 1. The van der Waals surface area contributed by atoms with Gasteiger partial charge in [-0.15, -0.1) is 12.8 Å². The third kappa shape index (κ3) is 7.45. The third-order valence-corrected chi connectivity index (χ3v) is 10.2. The Hall–Kier alpha value is -3.10. The number of carbonyl (C=O) groups excluding carboxylic acids is 2. The lowest BCUT2D eigenvalue weighted by Crippen LogP contribution is -2.45. The Morgan fingerprint density at radius 1 is 1.14 bits per heavy atom. The molecule has 2 saturated carbocycles. The molecule has 0 saturated heterocycles. The Kier molecular flexibility index (Phi) is 12.7. The number of Topliss-reactive ketones (excluding diaryl/α,β-unsaturated/α-hetero) is 1. The number of carbonyl (C=O) groups is 2. The van der Waals surface area contributed by atoms with Gasteiger partial charge in [0, 0.05) is 31.0 Å². The summed E-state index contributed by atoms with van der Waals surface area (Å²) >= 11 is 0. The Bertz CT molecular complexity index is 1190. The number of aldehydes is 1. The molecule has 5 rings (SSSR count). The van der Waals surface area contributed by atoms with E-state index in [1.54, 1.807) is 0 Å². The van der Waals surface area contributed by atoms with Crippen molar-refractivity contribution in [1.82, 2.24) is 5.32 Å². The van der Waals surface area contributed by atoms with Crippen LogP contribution in [0.5, 0.6) is 0 Å². The first-order valence-electron chi connectivity index (χ1n) is 15.8. The minimum atomic E-state index is -0.153. The summed E-state index contributed by atoms with van der Waals surface area (Å²) in [4.78, 5) is 23.6. The minimum absolute atomic E-state index is 0.153. The van der Waals surface area contributed by atoms with Crippen molar-refractivity contribution < 1.29 is 14.7 Å². The van der Waals surface area contributed by atoms with E-state index in [1.807, 2.05) is 26.2 Å². The summed E-state index contributed by atoms with van der Waals surface area (Å²) in [6.45, 7) is 5.45. The van der Waals surface area contributed by atoms with Gasteiger partial charge in [-0.2, -0.15) is 0 Å². The molecular formula is C37H52N2O3. The quantitative estimate of drug-likeness (QED) is 0.162. The molecule has 228 valence electrons. The zero-order chi connectivity index (χ0) is 30.7. The molecule has 42 heavy (non-hydrogen) atoms. The number of hydrogen-bond acceptors (Lipinski definition) is 5. The standard InChI is InChI=1S/C23H30O3.C12H20N2.C2H2/c1-23-12-11-19-18-10-8-17(25)7-5-15(18)6-9-20(19)22(23)16(14-21(23)26)4-2-3-13-24;1-10-6-4-7-11(12(10)14-3)8-5-9-13-2;1-2/h7-8,10,13,16,19-20,22,25H,2-6,9,11-12,14H2,1H3;4,6-7,13-14H,5,8-9H2,1-3H3;1-2H. The van der Waals surface area contributed by atoms with E-state index in [0.717, 1.165) is 57.8 Å². The first-order valence-corrected chi connectivity index (χ1v) is 15.8. The van der Waals surface area contributed by atoms with Crippen LogP contribution in [-0.2, 0) is 16.0 Å². The van der Waals surface area contributed by atoms with Crippen molar-refractivity contribution in [3.8, 4) is 12.8 Å². The predicted octanol–water partition coefficient (Wildman–Crippen LogP) is 7.52. The average molecular weight is 573 g/mol. The van der Waals surface area contributed by atoms with Crippen LogP contribution in [0.15, 0.2) is 53.3 Å². The van der Waals surface area contributed by atoms with Crippen LogP contribution < -0.4 is 10.6 Å². The van der Waals surface area contributed by atoms with E-state index in [-0.39, 0.29) is 5.41 Å². The monoisotopic (exact) mass is 572 g/mol. The Morgan fingerprint density at radius 3 is 2.64 bits per heavy atom. The maximum atomic E-state index is 12.9. The fraction of sp³-hybridized carbons (Fsp3) is 0.568. The second-order valence-corrected chi connectivity index (χ2v) is 12.6. The molecule has 0 amide bonds. The van der Waals surface area contributed by atoms with Crippen LogP contribution in [0.4, 0.5) is 5.69 Å². The molecule has 0 spiro atoms. The fourth-order valence-electron chi connectivity index (χ4n) is 8.29. The molecule has 4 aliphatic carbocycles. The van der Waals surface area contributed by atoms with E-state index >= 15 is 0 Å². The number of rotatable bonds is 9. The molecule has 2 fully saturated rings. The van der Waals surface area contributed by atoms with Gasteiger partial charge in [0.25, 0.3) is 0 Å². The molecule has 1 aromatic carbocycles. The lowest BCUT2D eigenvalue weighted by molar-refractivity contribution is -0.129. The first kappa shape index (κ1) is 33.4. The second kappa shape index (κ2) is 15.9. The molecule has 0 aliphatic heterocycles. The van der Waals surface area contributed by atoms with Crippen molar-refractivity contribution in [2.45, 2.75) is 84.5 Å². The highest BCUT2D eigenvalue weighted by molar-refractivity contribution is 5.87. The van der Waals surface area contributed by atoms with E-state index in [0.29, 0.717) is 48.1 Å². The predicted molar refractivity (Wildman–Crippen MR) is 174 cm³/mol. The van der Waals surface area contributed by atoms with Gasteiger partial charge in [-0.1, -0.05) is 36.8 Å². The third-order valence-electron chi connectivity index (χ3n) is 10.2. The van der Waals surface area contributed by atoms with E-state index in [9.17, 15) is 14.7 Å². The van der Waals surface area contributed by atoms with Crippen molar-refractivity contribution in [3.63, 3.8) is 0 Å². The fourth-order valence-corrected chi connectivity index (χ4v) is 8.29. The van der Waals surface area contributed by atoms with Crippen LogP contribution in [0.1, 0.15) is 82.3 Å². The van der Waals surface area contributed by atoms with Crippen LogP contribution in [0.25, 0.3) is 0 Å². The molecule has 0 bridgehead atoms. The van der Waals surface area contributed by atoms with E-state index in [2.05, 4.69) is 61.6 Å². The lowest BCUT2D eigenvalue weighted by atomic mass is 9.53. The number of allylic oxidation sites excluding steroid dienone is 5. The number of ketones is 1. The molecule has 5 nitrogen and oxygen atoms in total. The van der Waals surface area contributed by atoms with Gasteiger partial charge in [0.2, 0.25) is 0 Å². The minimum Gasteiger partial charge on any atom is -0.508 e. The first-order chi connectivity index (χ1) is 20.3. The van der Waals surface area contributed by atoms with Gasteiger partial charge in [0.05, 0.1) is 0 Å². The number of aryl methyl sites for hydroxylation is 2. The molecule has 1 aromatic rings. The zero-order valence-corrected chi connectivity index (χ0v) is 26.3. The number of nitrogens with one attached hydrogen (secondary N) is 2. The van der Waals surface area contributed by atoms with Crippen molar-refractivity contribution >= 4 is 17.8 Å². The Balaban J connectivity index is 0.000000257. The summed E-state index contributed by atoms with van der Waals surface area (Å²) in [5, 5.41) is 16.3. The number of terminal acetylenes is 1. The highest BCUT2D eigenvalue weighted by atomic mass is 16.3.